The van der Waals surface area contributed by atoms with Crippen molar-refractivity contribution in [1.29, 1.82) is 0 Å². The van der Waals surface area contributed by atoms with Gasteiger partial charge in [0.2, 0.25) is 0 Å². The standard InChI is InChI=1S/C23H28N2O5/c26-23(18-30-20-4-2-1-3-5-20)25(9-8-24-10-12-27-13-11-24)17-19-6-7-21-22(16-19)29-15-14-28-21/h1-7,16H,8-15,17-18H2. The van der Waals surface area contributed by atoms with E-state index in [0.717, 1.165) is 49.9 Å². The number of ether oxygens (including phenoxy) is 4. The minimum Gasteiger partial charge on any atom is -0.486 e. The van der Waals surface area contributed by atoms with Gasteiger partial charge in [-0.3, -0.25) is 9.69 Å². The number of rotatable bonds is 8. The van der Waals surface area contributed by atoms with E-state index in [1.54, 1.807) is 0 Å². The topological polar surface area (TPSA) is 60.5 Å². The molecule has 2 aromatic carbocycles. The lowest BCUT2D eigenvalue weighted by atomic mass is 10.1. The van der Waals surface area contributed by atoms with Gasteiger partial charge in [0.1, 0.15) is 19.0 Å². The molecule has 0 N–H and O–H groups in total. The summed E-state index contributed by atoms with van der Waals surface area (Å²) in [6, 6.07) is 15.3. The average molecular weight is 412 g/mol. The molecular formula is C23H28N2O5. The fourth-order valence-electron chi connectivity index (χ4n) is 3.54. The predicted molar refractivity (Wildman–Crippen MR) is 112 cm³/mol. The molecule has 0 spiro atoms. The van der Waals surface area contributed by atoms with Gasteiger partial charge in [-0.25, -0.2) is 0 Å². The monoisotopic (exact) mass is 412 g/mol. The lowest BCUT2D eigenvalue weighted by Gasteiger charge is -2.30. The summed E-state index contributed by atoms with van der Waals surface area (Å²) in [6.45, 7) is 6.33. The summed E-state index contributed by atoms with van der Waals surface area (Å²) in [5, 5.41) is 0. The highest BCUT2D eigenvalue weighted by Crippen LogP contribution is 2.31. The van der Waals surface area contributed by atoms with E-state index in [0.29, 0.717) is 32.1 Å². The van der Waals surface area contributed by atoms with E-state index in [9.17, 15) is 4.79 Å². The van der Waals surface area contributed by atoms with Crippen LogP contribution in [-0.2, 0) is 16.1 Å². The first-order chi connectivity index (χ1) is 14.8. The van der Waals surface area contributed by atoms with Crippen LogP contribution in [0.25, 0.3) is 0 Å². The van der Waals surface area contributed by atoms with Crippen LogP contribution in [-0.4, -0.2) is 74.9 Å². The Morgan fingerprint density at radius 3 is 2.53 bits per heavy atom. The fraction of sp³-hybridized carbons (Fsp3) is 0.435. The number of morpholine rings is 1. The van der Waals surface area contributed by atoms with E-state index >= 15 is 0 Å². The SMILES string of the molecule is O=C(COc1ccccc1)N(CCN1CCOCC1)Cc1ccc2c(c1)OCCO2. The van der Waals surface area contributed by atoms with Gasteiger partial charge >= 0.3 is 0 Å². The summed E-state index contributed by atoms with van der Waals surface area (Å²) in [7, 11) is 0. The zero-order valence-corrected chi connectivity index (χ0v) is 17.1. The number of amides is 1. The maximum absolute atomic E-state index is 13.0. The maximum Gasteiger partial charge on any atom is 0.260 e. The van der Waals surface area contributed by atoms with Crippen molar-refractivity contribution in [3.05, 3.63) is 54.1 Å². The highest BCUT2D eigenvalue weighted by molar-refractivity contribution is 5.77. The molecule has 0 bridgehead atoms. The number of fused-ring (bicyclic) bond motifs is 1. The van der Waals surface area contributed by atoms with Crippen LogP contribution in [0, 0.1) is 0 Å². The molecule has 0 saturated carbocycles. The van der Waals surface area contributed by atoms with E-state index < -0.39 is 0 Å². The summed E-state index contributed by atoms with van der Waals surface area (Å²) >= 11 is 0. The Balaban J connectivity index is 1.41. The van der Waals surface area contributed by atoms with Crippen LogP contribution in [0.15, 0.2) is 48.5 Å². The van der Waals surface area contributed by atoms with Crippen molar-refractivity contribution < 1.29 is 23.7 Å². The van der Waals surface area contributed by atoms with Crippen molar-refractivity contribution >= 4 is 5.91 Å². The van der Waals surface area contributed by atoms with Crippen molar-refractivity contribution in [3.63, 3.8) is 0 Å². The molecule has 1 fully saturated rings. The molecule has 7 heteroatoms. The van der Waals surface area contributed by atoms with Gasteiger partial charge in [-0.05, 0) is 29.8 Å². The molecule has 0 aromatic heterocycles. The molecule has 2 aliphatic heterocycles. The van der Waals surface area contributed by atoms with E-state index in [2.05, 4.69) is 4.90 Å². The Morgan fingerprint density at radius 1 is 0.967 bits per heavy atom. The predicted octanol–water partition coefficient (Wildman–Crippen LogP) is 2.20. The first kappa shape index (κ1) is 20.5. The van der Waals surface area contributed by atoms with E-state index in [-0.39, 0.29) is 12.5 Å². The highest BCUT2D eigenvalue weighted by Gasteiger charge is 2.19. The van der Waals surface area contributed by atoms with Gasteiger partial charge in [-0.2, -0.15) is 0 Å². The molecule has 4 rings (SSSR count). The van der Waals surface area contributed by atoms with Crippen LogP contribution >= 0.6 is 0 Å². The van der Waals surface area contributed by atoms with E-state index in [1.807, 2.05) is 53.4 Å². The third-order valence-corrected chi connectivity index (χ3v) is 5.23. The molecule has 1 saturated heterocycles. The van der Waals surface area contributed by atoms with Crippen LogP contribution in [0.3, 0.4) is 0 Å². The third kappa shape index (κ3) is 5.64. The van der Waals surface area contributed by atoms with Crippen molar-refractivity contribution in [2.45, 2.75) is 6.54 Å². The molecule has 0 unspecified atom stereocenters. The normalized spacial score (nSPS) is 16.1. The average Bonchev–Trinajstić information content (AvgIpc) is 2.81. The maximum atomic E-state index is 13.0. The molecule has 1 amide bonds. The summed E-state index contributed by atoms with van der Waals surface area (Å²) in [4.78, 5) is 17.2. The Bertz CT molecular complexity index is 824. The second-order valence-corrected chi connectivity index (χ2v) is 7.35. The van der Waals surface area contributed by atoms with Gasteiger partial charge in [-0.15, -0.1) is 0 Å². The molecule has 2 aromatic rings. The molecule has 0 aliphatic carbocycles. The zero-order valence-electron chi connectivity index (χ0n) is 17.1. The zero-order chi connectivity index (χ0) is 20.6. The lowest BCUT2D eigenvalue weighted by Crippen LogP contribution is -2.44. The lowest BCUT2D eigenvalue weighted by molar-refractivity contribution is -0.134. The minimum atomic E-state index is -0.0398. The number of nitrogens with zero attached hydrogens (tertiary/aromatic N) is 2. The van der Waals surface area contributed by atoms with Crippen molar-refractivity contribution in [1.82, 2.24) is 9.80 Å². The van der Waals surface area contributed by atoms with Crippen LogP contribution < -0.4 is 14.2 Å². The number of hydrogen-bond acceptors (Lipinski definition) is 6. The number of benzene rings is 2. The number of carbonyl (C=O) groups is 1. The van der Waals surface area contributed by atoms with E-state index in [4.69, 9.17) is 18.9 Å². The second-order valence-electron chi connectivity index (χ2n) is 7.35. The largest absolute Gasteiger partial charge is 0.486 e. The number of para-hydroxylation sites is 1. The van der Waals surface area contributed by atoms with Gasteiger partial charge < -0.3 is 23.8 Å². The second kappa shape index (κ2) is 10.3. The van der Waals surface area contributed by atoms with Crippen LogP contribution in [0.5, 0.6) is 17.2 Å². The summed E-state index contributed by atoms with van der Waals surface area (Å²) < 4.78 is 22.4. The van der Waals surface area contributed by atoms with Gasteiger partial charge in [-0.1, -0.05) is 24.3 Å². The van der Waals surface area contributed by atoms with Crippen molar-refractivity contribution in [2.24, 2.45) is 0 Å². The Kier molecular flexibility index (Phi) is 7.05. The minimum absolute atomic E-state index is 0.0116. The Labute approximate surface area is 177 Å². The third-order valence-electron chi connectivity index (χ3n) is 5.23. The molecular weight excluding hydrogens is 384 g/mol. The molecule has 0 atom stereocenters. The van der Waals surface area contributed by atoms with Crippen LogP contribution in [0.1, 0.15) is 5.56 Å². The first-order valence-corrected chi connectivity index (χ1v) is 10.4. The van der Waals surface area contributed by atoms with Crippen LogP contribution in [0.2, 0.25) is 0 Å². The fourth-order valence-corrected chi connectivity index (χ4v) is 3.54. The first-order valence-electron chi connectivity index (χ1n) is 10.4. The highest BCUT2D eigenvalue weighted by atomic mass is 16.6. The molecule has 160 valence electrons. The Morgan fingerprint density at radius 2 is 1.73 bits per heavy atom. The smallest absolute Gasteiger partial charge is 0.260 e. The molecule has 2 aliphatic rings. The van der Waals surface area contributed by atoms with Gasteiger partial charge in [0.05, 0.1) is 13.2 Å². The van der Waals surface area contributed by atoms with Crippen molar-refractivity contribution in [2.75, 3.05) is 59.2 Å². The quantitative estimate of drug-likeness (QED) is 0.663. The van der Waals surface area contributed by atoms with Gasteiger partial charge in [0.25, 0.3) is 5.91 Å². The van der Waals surface area contributed by atoms with Gasteiger partial charge in [0, 0.05) is 32.7 Å². The summed E-state index contributed by atoms with van der Waals surface area (Å²) in [5.41, 5.74) is 1.01. The van der Waals surface area contributed by atoms with E-state index in [1.165, 1.54) is 0 Å². The molecule has 2 heterocycles. The van der Waals surface area contributed by atoms with Crippen molar-refractivity contribution in [3.8, 4) is 17.2 Å². The summed E-state index contributed by atoms with van der Waals surface area (Å²) in [6.07, 6.45) is 0. The van der Waals surface area contributed by atoms with Gasteiger partial charge in [0.15, 0.2) is 18.1 Å². The molecule has 7 nitrogen and oxygen atoms in total. The summed E-state index contributed by atoms with van der Waals surface area (Å²) in [5.74, 6) is 2.14. The number of carbonyl (C=O) groups excluding carboxylic acids is 1. The molecule has 0 radical (unpaired) electrons. The number of hydrogen-bond donors (Lipinski definition) is 0. The van der Waals surface area contributed by atoms with Crippen LogP contribution in [0.4, 0.5) is 0 Å². The molecule has 30 heavy (non-hydrogen) atoms. The Hall–Kier alpha value is -2.77.